The fourth-order valence-corrected chi connectivity index (χ4v) is 2.87. The average Bonchev–Trinajstić information content (AvgIpc) is 2.96. The molecule has 1 aromatic carbocycles. The molecule has 2 rings (SSSR count). The molecule has 0 aliphatic carbocycles. The molecule has 1 fully saturated rings. The van der Waals surface area contributed by atoms with Crippen molar-refractivity contribution in [2.45, 2.75) is 25.2 Å². The molecular weight excluding hydrogens is 331 g/mol. The number of guanidine groups is 1. The van der Waals surface area contributed by atoms with Crippen LogP contribution in [0, 0.1) is 0 Å². The molecule has 0 amide bonds. The summed E-state index contributed by atoms with van der Waals surface area (Å²) in [5, 5.41) is 6.43. The van der Waals surface area contributed by atoms with Gasteiger partial charge in [0.1, 0.15) is 0 Å². The van der Waals surface area contributed by atoms with Crippen molar-refractivity contribution in [2.75, 3.05) is 45.7 Å². The molecule has 1 aliphatic rings. The van der Waals surface area contributed by atoms with Gasteiger partial charge < -0.3 is 15.5 Å². The lowest BCUT2D eigenvalue weighted by Gasteiger charge is -2.20. The number of rotatable bonds is 5. The van der Waals surface area contributed by atoms with Gasteiger partial charge in [0.2, 0.25) is 0 Å². The van der Waals surface area contributed by atoms with Crippen molar-refractivity contribution >= 4 is 11.6 Å². The normalized spacial score (nSPS) is 19.1. The number of likely N-dealkylation sites (tertiary alicyclic amines) is 1. The highest BCUT2D eigenvalue weighted by Crippen LogP contribution is 2.20. The second-order valence-electron chi connectivity index (χ2n) is 6.47. The second-order valence-corrected chi connectivity index (χ2v) is 6.47. The molecule has 1 atom stereocenters. The maximum atomic E-state index is 12.5. The van der Waals surface area contributed by atoms with E-state index in [4.69, 9.17) is 0 Å². The summed E-state index contributed by atoms with van der Waals surface area (Å²) in [5.74, 6) is 0.606. The number of alkyl halides is 3. The molecule has 0 spiro atoms. The molecule has 1 saturated heterocycles. The molecule has 5 nitrogen and oxygen atoms in total. The molecule has 0 bridgehead atoms. The highest BCUT2D eigenvalue weighted by molar-refractivity contribution is 5.80. The van der Waals surface area contributed by atoms with Crippen LogP contribution in [0.3, 0.4) is 0 Å². The van der Waals surface area contributed by atoms with Gasteiger partial charge in [0.05, 0.1) is 6.54 Å². The van der Waals surface area contributed by atoms with Crippen LogP contribution in [0.4, 0.5) is 18.9 Å². The van der Waals surface area contributed by atoms with Crippen molar-refractivity contribution in [3.05, 3.63) is 29.8 Å². The molecule has 1 aromatic rings. The molecule has 1 unspecified atom stereocenters. The Kier molecular flexibility index (Phi) is 6.52. The molecule has 0 radical (unpaired) electrons. The fourth-order valence-electron chi connectivity index (χ4n) is 2.87. The highest BCUT2D eigenvalue weighted by Gasteiger charge is 2.34. The number of hydrogen-bond acceptors (Lipinski definition) is 3. The van der Waals surface area contributed by atoms with Gasteiger partial charge in [-0.2, -0.15) is 13.2 Å². The van der Waals surface area contributed by atoms with Crippen molar-refractivity contribution < 1.29 is 13.2 Å². The van der Waals surface area contributed by atoms with Gasteiger partial charge in [-0.3, -0.25) is 9.89 Å². The summed E-state index contributed by atoms with van der Waals surface area (Å²) in [6.07, 6.45) is -3.47. The second kappa shape index (κ2) is 8.42. The van der Waals surface area contributed by atoms with E-state index in [-0.39, 0.29) is 6.04 Å². The fraction of sp³-hybridized carbons (Fsp3) is 0.588. The number of aliphatic imine (C=N–C) groups is 1. The first kappa shape index (κ1) is 19.4. The highest BCUT2D eigenvalue weighted by atomic mass is 19.4. The van der Waals surface area contributed by atoms with Gasteiger partial charge in [-0.1, -0.05) is 12.1 Å². The van der Waals surface area contributed by atoms with Gasteiger partial charge in [0, 0.05) is 52.5 Å². The molecule has 1 aliphatic heterocycles. The van der Waals surface area contributed by atoms with E-state index in [9.17, 15) is 13.2 Å². The van der Waals surface area contributed by atoms with Crippen LogP contribution in [0.1, 0.15) is 12.0 Å². The van der Waals surface area contributed by atoms with E-state index in [1.165, 1.54) is 4.90 Å². The number of anilines is 1. The van der Waals surface area contributed by atoms with Crippen molar-refractivity contribution in [3.63, 3.8) is 0 Å². The van der Waals surface area contributed by atoms with Crippen LogP contribution < -0.4 is 15.5 Å². The van der Waals surface area contributed by atoms with Crippen molar-refractivity contribution in [2.24, 2.45) is 4.99 Å². The van der Waals surface area contributed by atoms with Crippen molar-refractivity contribution in [1.29, 1.82) is 0 Å². The molecule has 25 heavy (non-hydrogen) atoms. The maximum Gasteiger partial charge on any atom is 0.401 e. The van der Waals surface area contributed by atoms with Gasteiger partial charge in [-0.05, 0) is 24.1 Å². The van der Waals surface area contributed by atoms with Crippen molar-refractivity contribution in [1.82, 2.24) is 15.5 Å². The number of hydrogen-bond donors (Lipinski definition) is 2. The Morgan fingerprint density at radius 2 is 2.12 bits per heavy atom. The average molecular weight is 357 g/mol. The molecule has 1 heterocycles. The van der Waals surface area contributed by atoms with Gasteiger partial charge in [-0.15, -0.1) is 0 Å². The summed E-state index contributed by atoms with van der Waals surface area (Å²) < 4.78 is 37.4. The topological polar surface area (TPSA) is 42.9 Å². The minimum Gasteiger partial charge on any atom is -0.378 e. The summed E-state index contributed by atoms with van der Waals surface area (Å²) >= 11 is 0. The van der Waals surface area contributed by atoms with E-state index < -0.39 is 12.7 Å². The Bertz CT molecular complexity index is 586. The largest absolute Gasteiger partial charge is 0.401 e. The molecule has 8 heteroatoms. The lowest BCUT2D eigenvalue weighted by atomic mass is 10.2. The Balaban J connectivity index is 1.83. The number of halogens is 3. The summed E-state index contributed by atoms with van der Waals surface area (Å²) in [6.45, 7) is 0.560. The molecule has 140 valence electrons. The summed E-state index contributed by atoms with van der Waals surface area (Å²) in [6, 6.07) is 8.11. The first-order valence-corrected chi connectivity index (χ1v) is 8.29. The molecule has 0 aromatic heterocycles. The number of benzene rings is 1. The van der Waals surface area contributed by atoms with E-state index in [1.807, 2.05) is 37.2 Å². The molecule has 2 N–H and O–H groups in total. The van der Waals surface area contributed by atoms with Crippen LogP contribution in [0.25, 0.3) is 0 Å². The van der Waals surface area contributed by atoms with Crippen LogP contribution >= 0.6 is 0 Å². The van der Waals surface area contributed by atoms with E-state index in [0.29, 0.717) is 32.0 Å². The van der Waals surface area contributed by atoms with E-state index in [1.54, 1.807) is 7.05 Å². The summed E-state index contributed by atoms with van der Waals surface area (Å²) in [7, 11) is 5.63. The maximum absolute atomic E-state index is 12.5. The number of nitrogens with one attached hydrogen (secondary N) is 2. The SMILES string of the molecule is CN=C(NCc1cccc(N(C)C)c1)NC1CCN(CC(F)(F)F)C1. The first-order chi connectivity index (χ1) is 11.8. The van der Waals surface area contributed by atoms with Crippen LogP contribution in [-0.4, -0.2) is 63.9 Å². The van der Waals surface area contributed by atoms with Gasteiger partial charge in [-0.25, -0.2) is 0 Å². The van der Waals surface area contributed by atoms with Gasteiger partial charge in [0.15, 0.2) is 5.96 Å². The molecular formula is C17H26F3N5. The standard InChI is InChI=1S/C17H26F3N5/c1-21-16(22-10-13-5-4-6-15(9-13)24(2)3)23-14-7-8-25(11-14)12-17(18,19)20/h4-6,9,14H,7-8,10-12H2,1-3H3,(H2,21,22,23). The third-order valence-electron chi connectivity index (χ3n) is 4.13. The lowest BCUT2D eigenvalue weighted by molar-refractivity contribution is -0.143. The van der Waals surface area contributed by atoms with Crippen LogP contribution in [0.2, 0.25) is 0 Å². The van der Waals surface area contributed by atoms with Gasteiger partial charge in [0.25, 0.3) is 0 Å². The van der Waals surface area contributed by atoms with Crippen LogP contribution in [0.15, 0.2) is 29.3 Å². The van der Waals surface area contributed by atoms with Crippen LogP contribution in [-0.2, 0) is 6.54 Å². The van der Waals surface area contributed by atoms with Crippen LogP contribution in [0.5, 0.6) is 0 Å². The Morgan fingerprint density at radius 3 is 2.76 bits per heavy atom. The van der Waals surface area contributed by atoms with E-state index >= 15 is 0 Å². The van der Waals surface area contributed by atoms with Crippen molar-refractivity contribution in [3.8, 4) is 0 Å². The summed E-state index contributed by atoms with van der Waals surface area (Å²) in [4.78, 5) is 7.62. The minimum atomic E-state index is -4.15. The van der Waals surface area contributed by atoms with E-state index in [2.05, 4.69) is 21.7 Å². The lowest BCUT2D eigenvalue weighted by Crippen LogP contribution is -2.44. The summed E-state index contributed by atoms with van der Waals surface area (Å²) in [5.41, 5.74) is 2.22. The smallest absolute Gasteiger partial charge is 0.378 e. The zero-order valence-electron chi connectivity index (χ0n) is 14.9. The minimum absolute atomic E-state index is 0.0262. The Hall–Kier alpha value is -1.96. The first-order valence-electron chi connectivity index (χ1n) is 8.29. The monoisotopic (exact) mass is 357 g/mol. The Morgan fingerprint density at radius 1 is 1.36 bits per heavy atom. The predicted octanol–water partition coefficient (Wildman–Crippen LogP) is 2.05. The molecule has 0 saturated carbocycles. The predicted molar refractivity (Wildman–Crippen MR) is 95.0 cm³/mol. The van der Waals surface area contributed by atoms with Gasteiger partial charge >= 0.3 is 6.18 Å². The quantitative estimate of drug-likeness (QED) is 0.625. The third kappa shape index (κ3) is 6.45. The zero-order valence-corrected chi connectivity index (χ0v) is 14.9. The number of nitrogens with zero attached hydrogens (tertiary/aromatic N) is 3. The third-order valence-corrected chi connectivity index (χ3v) is 4.13. The Labute approximate surface area is 146 Å². The van der Waals surface area contributed by atoms with E-state index in [0.717, 1.165) is 11.3 Å². The zero-order chi connectivity index (χ0) is 18.4.